The number of hydrogen-bond donors (Lipinski definition) is 1. The maximum absolute atomic E-state index is 11.9. The van der Waals surface area contributed by atoms with Gasteiger partial charge in [-0.2, -0.15) is 0 Å². The van der Waals surface area contributed by atoms with Crippen molar-refractivity contribution >= 4 is 17.3 Å². The van der Waals surface area contributed by atoms with E-state index in [0.29, 0.717) is 12.8 Å². The number of benzene rings is 1. The highest BCUT2D eigenvalue weighted by Gasteiger charge is 2.06. The van der Waals surface area contributed by atoms with E-state index in [1.54, 1.807) is 6.26 Å². The van der Waals surface area contributed by atoms with Crippen molar-refractivity contribution in [1.82, 2.24) is 4.98 Å². The van der Waals surface area contributed by atoms with Gasteiger partial charge in [-0.25, -0.2) is 4.98 Å². The number of aromatic nitrogens is 1. The van der Waals surface area contributed by atoms with Crippen LogP contribution >= 0.6 is 0 Å². The fourth-order valence-corrected chi connectivity index (χ4v) is 2.17. The minimum absolute atomic E-state index is 0.0198. The molecule has 1 aromatic heterocycles. The molecule has 0 spiro atoms. The van der Waals surface area contributed by atoms with Crippen LogP contribution < -0.4 is 10.2 Å². The molecular weight excluding hydrogens is 266 g/mol. The van der Waals surface area contributed by atoms with Gasteiger partial charge in [0.05, 0.1) is 5.69 Å². The first-order chi connectivity index (χ1) is 10.2. The number of carbonyl (C=O) groups excluding carboxylic acids is 1. The fourth-order valence-electron chi connectivity index (χ4n) is 2.17. The number of carbonyl (C=O) groups is 1. The first-order valence-corrected chi connectivity index (χ1v) is 7.24. The molecule has 0 saturated heterocycles. The summed E-state index contributed by atoms with van der Waals surface area (Å²) in [6, 6.07) is 7.92. The lowest BCUT2D eigenvalue weighted by atomic mass is 10.2. The second-order valence-corrected chi connectivity index (χ2v) is 4.75. The zero-order valence-corrected chi connectivity index (χ0v) is 12.5. The van der Waals surface area contributed by atoms with E-state index in [1.807, 2.05) is 24.3 Å². The molecule has 0 aliphatic heterocycles. The van der Waals surface area contributed by atoms with E-state index in [2.05, 4.69) is 29.0 Å². The van der Waals surface area contributed by atoms with E-state index in [0.717, 1.165) is 24.5 Å². The van der Waals surface area contributed by atoms with Gasteiger partial charge in [0.25, 0.3) is 0 Å². The SMILES string of the molecule is CCN(CC)c1ccc(NC(=O)CCc2cocn2)cc1. The predicted octanol–water partition coefficient (Wildman–Crippen LogP) is 3.09. The van der Waals surface area contributed by atoms with Gasteiger partial charge in [-0.15, -0.1) is 0 Å². The van der Waals surface area contributed by atoms with Crippen LogP contribution in [0.3, 0.4) is 0 Å². The molecule has 5 heteroatoms. The smallest absolute Gasteiger partial charge is 0.224 e. The molecule has 0 aliphatic carbocycles. The summed E-state index contributed by atoms with van der Waals surface area (Å²) >= 11 is 0. The Morgan fingerprint density at radius 1 is 1.24 bits per heavy atom. The van der Waals surface area contributed by atoms with Crippen molar-refractivity contribution in [3.05, 3.63) is 42.6 Å². The number of hydrogen-bond acceptors (Lipinski definition) is 4. The molecule has 21 heavy (non-hydrogen) atoms. The summed E-state index contributed by atoms with van der Waals surface area (Å²) in [7, 11) is 0. The Kier molecular flexibility index (Phi) is 5.37. The third kappa shape index (κ3) is 4.34. The van der Waals surface area contributed by atoms with Crippen LogP contribution in [-0.4, -0.2) is 24.0 Å². The van der Waals surface area contributed by atoms with Crippen LogP contribution in [0, 0.1) is 0 Å². The van der Waals surface area contributed by atoms with Gasteiger partial charge in [0.1, 0.15) is 6.26 Å². The van der Waals surface area contributed by atoms with Crippen molar-refractivity contribution in [2.75, 3.05) is 23.3 Å². The third-order valence-corrected chi connectivity index (χ3v) is 3.37. The Hall–Kier alpha value is -2.30. The summed E-state index contributed by atoms with van der Waals surface area (Å²) in [5.74, 6) is -0.0198. The highest BCUT2D eigenvalue weighted by atomic mass is 16.3. The highest BCUT2D eigenvalue weighted by molar-refractivity contribution is 5.90. The normalized spacial score (nSPS) is 10.4. The summed E-state index contributed by atoms with van der Waals surface area (Å²) in [5, 5.41) is 2.89. The van der Waals surface area contributed by atoms with Crippen LogP contribution in [0.4, 0.5) is 11.4 Å². The van der Waals surface area contributed by atoms with Crippen LogP contribution in [-0.2, 0) is 11.2 Å². The van der Waals surface area contributed by atoms with Crippen LogP contribution in [0.2, 0.25) is 0 Å². The second-order valence-electron chi connectivity index (χ2n) is 4.75. The molecule has 0 bridgehead atoms. The minimum atomic E-state index is -0.0198. The van der Waals surface area contributed by atoms with Gasteiger partial charge < -0.3 is 14.6 Å². The van der Waals surface area contributed by atoms with E-state index in [1.165, 1.54) is 12.1 Å². The van der Waals surface area contributed by atoms with E-state index >= 15 is 0 Å². The van der Waals surface area contributed by atoms with Crippen molar-refractivity contribution in [1.29, 1.82) is 0 Å². The minimum Gasteiger partial charge on any atom is -0.451 e. The van der Waals surface area contributed by atoms with Crippen molar-refractivity contribution in [2.45, 2.75) is 26.7 Å². The molecular formula is C16H21N3O2. The Bertz CT molecular complexity index is 545. The summed E-state index contributed by atoms with van der Waals surface area (Å²) in [4.78, 5) is 18.1. The zero-order valence-electron chi connectivity index (χ0n) is 12.5. The first kappa shape index (κ1) is 15.1. The number of aryl methyl sites for hydroxylation is 1. The molecule has 112 valence electrons. The Morgan fingerprint density at radius 2 is 1.95 bits per heavy atom. The van der Waals surface area contributed by atoms with Crippen LogP contribution in [0.5, 0.6) is 0 Å². The standard InChI is InChI=1S/C16H21N3O2/c1-3-19(4-2)15-8-5-13(6-9-15)18-16(20)10-7-14-11-21-12-17-14/h5-6,8-9,11-12H,3-4,7,10H2,1-2H3,(H,18,20). The molecule has 2 rings (SSSR count). The molecule has 1 heterocycles. The monoisotopic (exact) mass is 287 g/mol. The number of oxazole rings is 1. The number of nitrogens with one attached hydrogen (secondary N) is 1. The topological polar surface area (TPSA) is 58.4 Å². The van der Waals surface area contributed by atoms with Crippen LogP contribution in [0.25, 0.3) is 0 Å². The maximum atomic E-state index is 11.9. The van der Waals surface area contributed by atoms with Crippen molar-refractivity contribution in [3.63, 3.8) is 0 Å². The molecule has 0 atom stereocenters. The van der Waals surface area contributed by atoms with Gasteiger partial charge in [-0.3, -0.25) is 4.79 Å². The average molecular weight is 287 g/mol. The number of anilines is 2. The largest absolute Gasteiger partial charge is 0.451 e. The first-order valence-electron chi connectivity index (χ1n) is 7.24. The molecule has 5 nitrogen and oxygen atoms in total. The van der Waals surface area contributed by atoms with Gasteiger partial charge in [0.15, 0.2) is 6.39 Å². The average Bonchev–Trinajstić information content (AvgIpc) is 3.01. The van der Waals surface area contributed by atoms with E-state index in [-0.39, 0.29) is 5.91 Å². The van der Waals surface area contributed by atoms with Gasteiger partial charge >= 0.3 is 0 Å². The maximum Gasteiger partial charge on any atom is 0.224 e. The van der Waals surface area contributed by atoms with Gasteiger partial charge in [0, 0.05) is 37.3 Å². The second kappa shape index (κ2) is 7.47. The van der Waals surface area contributed by atoms with E-state index in [4.69, 9.17) is 4.42 Å². The molecule has 1 N–H and O–H groups in total. The summed E-state index contributed by atoms with van der Waals surface area (Å²) in [5.41, 5.74) is 2.78. The molecule has 1 amide bonds. The fraction of sp³-hybridized carbons (Fsp3) is 0.375. The Labute approximate surface area is 125 Å². The summed E-state index contributed by atoms with van der Waals surface area (Å²) in [6.45, 7) is 6.20. The number of nitrogens with zero attached hydrogens (tertiary/aromatic N) is 2. The lowest BCUT2D eigenvalue weighted by molar-refractivity contribution is -0.116. The molecule has 0 radical (unpaired) electrons. The van der Waals surface area contributed by atoms with Crippen molar-refractivity contribution in [2.24, 2.45) is 0 Å². The number of rotatable bonds is 7. The van der Waals surface area contributed by atoms with Crippen LogP contribution in [0.1, 0.15) is 26.0 Å². The van der Waals surface area contributed by atoms with Gasteiger partial charge in [0.2, 0.25) is 5.91 Å². The highest BCUT2D eigenvalue weighted by Crippen LogP contribution is 2.17. The molecule has 0 unspecified atom stereocenters. The van der Waals surface area contributed by atoms with Crippen molar-refractivity contribution < 1.29 is 9.21 Å². The summed E-state index contributed by atoms with van der Waals surface area (Å²) in [6.07, 6.45) is 3.91. The van der Waals surface area contributed by atoms with Crippen LogP contribution in [0.15, 0.2) is 41.3 Å². The number of amides is 1. The Balaban J connectivity index is 1.86. The quantitative estimate of drug-likeness (QED) is 0.850. The van der Waals surface area contributed by atoms with E-state index < -0.39 is 0 Å². The molecule has 1 aromatic carbocycles. The molecule has 0 fully saturated rings. The zero-order chi connectivity index (χ0) is 15.1. The van der Waals surface area contributed by atoms with E-state index in [9.17, 15) is 4.79 Å². The van der Waals surface area contributed by atoms with Gasteiger partial charge in [-0.05, 0) is 38.1 Å². The molecule has 0 saturated carbocycles. The van der Waals surface area contributed by atoms with Crippen molar-refractivity contribution in [3.8, 4) is 0 Å². The van der Waals surface area contributed by atoms with Gasteiger partial charge in [-0.1, -0.05) is 0 Å². The molecule has 0 aliphatic rings. The summed E-state index contributed by atoms with van der Waals surface area (Å²) < 4.78 is 4.87. The predicted molar refractivity (Wildman–Crippen MR) is 83.5 cm³/mol. The third-order valence-electron chi connectivity index (χ3n) is 3.37. The Morgan fingerprint density at radius 3 is 2.52 bits per heavy atom. The molecule has 2 aromatic rings. The lowest BCUT2D eigenvalue weighted by Crippen LogP contribution is -2.21. The lowest BCUT2D eigenvalue weighted by Gasteiger charge is -2.21.